The third kappa shape index (κ3) is 4.06. The van der Waals surface area contributed by atoms with Gasteiger partial charge in [-0.1, -0.05) is 6.07 Å². The third-order valence-corrected chi connectivity index (χ3v) is 3.82. The highest BCUT2D eigenvalue weighted by Crippen LogP contribution is 2.18. The molecule has 0 aliphatic carbocycles. The molecule has 3 N–H and O–H groups in total. The van der Waals surface area contributed by atoms with Crippen LogP contribution in [0.4, 0.5) is 10.5 Å². The molecule has 21 heavy (non-hydrogen) atoms. The maximum atomic E-state index is 11.8. The molecule has 0 radical (unpaired) electrons. The van der Waals surface area contributed by atoms with Gasteiger partial charge in [-0.25, -0.2) is 9.59 Å². The molecule has 6 heteroatoms. The molecule has 0 bridgehead atoms. The number of rotatable bonds is 5. The summed E-state index contributed by atoms with van der Waals surface area (Å²) in [5, 5.41) is 18.5. The van der Waals surface area contributed by atoms with Crippen molar-refractivity contribution < 1.29 is 14.7 Å². The van der Waals surface area contributed by atoms with Crippen LogP contribution >= 0.6 is 11.3 Å². The lowest BCUT2D eigenvalue weighted by Gasteiger charge is -2.11. The average molecular weight is 304 g/mol. The second-order valence-corrected chi connectivity index (χ2v) is 5.33. The zero-order chi connectivity index (χ0) is 15.2. The first-order valence-corrected chi connectivity index (χ1v) is 7.41. The van der Waals surface area contributed by atoms with Crippen molar-refractivity contribution in [3.05, 3.63) is 51.7 Å². The van der Waals surface area contributed by atoms with Gasteiger partial charge in [0.15, 0.2) is 0 Å². The van der Waals surface area contributed by atoms with Crippen LogP contribution in [0.15, 0.2) is 35.0 Å². The largest absolute Gasteiger partial charge is 0.478 e. The molecule has 2 amide bonds. The summed E-state index contributed by atoms with van der Waals surface area (Å²) >= 11 is 1.62. The lowest BCUT2D eigenvalue weighted by molar-refractivity contribution is 0.0696. The van der Waals surface area contributed by atoms with Gasteiger partial charge in [-0.05, 0) is 53.4 Å². The van der Waals surface area contributed by atoms with Crippen LogP contribution in [0.5, 0.6) is 0 Å². The smallest absolute Gasteiger partial charge is 0.336 e. The van der Waals surface area contributed by atoms with E-state index in [2.05, 4.69) is 10.6 Å². The molecular weight excluding hydrogens is 288 g/mol. The number of carboxylic acids is 1. The molecule has 2 aromatic rings. The predicted molar refractivity (Wildman–Crippen MR) is 83.2 cm³/mol. The van der Waals surface area contributed by atoms with Crippen LogP contribution in [0.2, 0.25) is 0 Å². The Morgan fingerprint density at radius 2 is 2.10 bits per heavy atom. The number of aromatic carboxylic acids is 1. The number of hydrogen-bond acceptors (Lipinski definition) is 3. The second kappa shape index (κ2) is 6.90. The van der Waals surface area contributed by atoms with Gasteiger partial charge < -0.3 is 15.7 Å². The van der Waals surface area contributed by atoms with Crippen LogP contribution in [-0.4, -0.2) is 23.7 Å². The monoisotopic (exact) mass is 304 g/mol. The lowest BCUT2D eigenvalue weighted by atomic mass is 10.1. The van der Waals surface area contributed by atoms with Gasteiger partial charge in [-0.2, -0.15) is 11.3 Å². The van der Waals surface area contributed by atoms with Gasteiger partial charge in [0.05, 0.1) is 5.56 Å². The summed E-state index contributed by atoms with van der Waals surface area (Å²) in [5.41, 5.74) is 2.41. The fraction of sp³-hybridized carbons (Fsp3) is 0.200. The zero-order valence-corrected chi connectivity index (χ0v) is 12.4. The van der Waals surface area contributed by atoms with Gasteiger partial charge in [0.2, 0.25) is 0 Å². The van der Waals surface area contributed by atoms with E-state index in [9.17, 15) is 9.59 Å². The number of urea groups is 1. The minimum atomic E-state index is -1.01. The molecule has 2 rings (SSSR count). The maximum Gasteiger partial charge on any atom is 0.336 e. The van der Waals surface area contributed by atoms with Crippen LogP contribution in [0, 0.1) is 6.92 Å². The summed E-state index contributed by atoms with van der Waals surface area (Å²) in [6.07, 6.45) is 0.769. The Kier molecular flexibility index (Phi) is 4.94. The lowest BCUT2D eigenvalue weighted by Crippen LogP contribution is -2.30. The molecular formula is C15H16N2O3S. The van der Waals surface area contributed by atoms with E-state index in [0.717, 1.165) is 6.42 Å². The summed E-state index contributed by atoms with van der Waals surface area (Å²) in [6.45, 7) is 2.20. The number of thiophene rings is 1. The number of amides is 2. The number of carboxylic acid groups (broad SMARTS) is 1. The first-order valence-electron chi connectivity index (χ1n) is 6.47. The van der Waals surface area contributed by atoms with Gasteiger partial charge in [0.25, 0.3) is 0 Å². The van der Waals surface area contributed by atoms with Crippen molar-refractivity contribution >= 4 is 29.0 Å². The van der Waals surface area contributed by atoms with E-state index in [1.54, 1.807) is 30.4 Å². The Labute approximate surface area is 126 Å². The van der Waals surface area contributed by atoms with Gasteiger partial charge in [0.1, 0.15) is 0 Å². The van der Waals surface area contributed by atoms with E-state index in [1.165, 1.54) is 11.6 Å². The fourth-order valence-electron chi connectivity index (χ4n) is 1.92. The highest BCUT2D eigenvalue weighted by molar-refractivity contribution is 7.07. The summed E-state index contributed by atoms with van der Waals surface area (Å²) in [6, 6.07) is 6.48. The van der Waals surface area contributed by atoms with Gasteiger partial charge in [0, 0.05) is 12.2 Å². The molecule has 110 valence electrons. The van der Waals surface area contributed by atoms with Crippen LogP contribution in [0.3, 0.4) is 0 Å². The van der Waals surface area contributed by atoms with Crippen LogP contribution in [0.1, 0.15) is 21.5 Å². The highest BCUT2D eigenvalue weighted by Gasteiger charge is 2.11. The summed E-state index contributed by atoms with van der Waals surface area (Å²) in [4.78, 5) is 22.8. The Morgan fingerprint density at radius 3 is 2.76 bits per heavy atom. The van der Waals surface area contributed by atoms with E-state index in [-0.39, 0.29) is 11.6 Å². The van der Waals surface area contributed by atoms with E-state index in [0.29, 0.717) is 17.8 Å². The predicted octanol–water partition coefficient (Wildman–Crippen LogP) is 3.12. The van der Waals surface area contributed by atoms with E-state index in [4.69, 9.17) is 5.11 Å². The SMILES string of the molecule is Cc1c(NC(=O)NCCc2ccsc2)cccc1C(=O)O. The molecule has 1 aromatic carbocycles. The molecule has 5 nitrogen and oxygen atoms in total. The van der Waals surface area contributed by atoms with Crippen molar-refractivity contribution in [1.82, 2.24) is 5.32 Å². The molecule has 0 saturated heterocycles. The summed E-state index contributed by atoms with van der Waals surface area (Å²) in [7, 11) is 0. The normalized spacial score (nSPS) is 10.1. The molecule has 0 fully saturated rings. The van der Waals surface area contributed by atoms with Crippen molar-refractivity contribution in [2.75, 3.05) is 11.9 Å². The van der Waals surface area contributed by atoms with E-state index >= 15 is 0 Å². The number of carbonyl (C=O) groups is 2. The fourth-order valence-corrected chi connectivity index (χ4v) is 2.63. The molecule has 0 aliphatic heterocycles. The summed E-state index contributed by atoms with van der Waals surface area (Å²) in [5.74, 6) is -1.01. The Hall–Kier alpha value is -2.34. The number of benzene rings is 1. The maximum absolute atomic E-state index is 11.8. The quantitative estimate of drug-likeness (QED) is 0.794. The zero-order valence-electron chi connectivity index (χ0n) is 11.6. The van der Waals surface area contributed by atoms with Crippen LogP contribution in [-0.2, 0) is 6.42 Å². The van der Waals surface area contributed by atoms with Gasteiger partial charge in [-0.3, -0.25) is 0 Å². The van der Waals surface area contributed by atoms with Crippen molar-refractivity contribution in [3.8, 4) is 0 Å². The molecule has 0 unspecified atom stereocenters. The van der Waals surface area contributed by atoms with Gasteiger partial charge >= 0.3 is 12.0 Å². The Balaban J connectivity index is 1.90. The Morgan fingerprint density at radius 1 is 1.29 bits per heavy atom. The molecule has 1 heterocycles. The van der Waals surface area contributed by atoms with Crippen molar-refractivity contribution in [2.24, 2.45) is 0 Å². The second-order valence-electron chi connectivity index (χ2n) is 4.55. The van der Waals surface area contributed by atoms with Gasteiger partial charge in [-0.15, -0.1) is 0 Å². The highest BCUT2D eigenvalue weighted by atomic mass is 32.1. The number of anilines is 1. The third-order valence-electron chi connectivity index (χ3n) is 3.09. The standard InChI is InChI=1S/C15H16N2O3S/c1-10-12(14(18)19)3-2-4-13(10)17-15(20)16-7-5-11-6-8-21-9-11/h2-4,6,8-9H,5,7H2,1H3,(H,18,19)(H2,16,17,20). The first-order chi connectivity index (χ1) is 10.1. The van der Waals surface area contributed by atoms with E-state index in [1.807, 2.05) is 16.8 Å². The average Bonchev–Trinajstić information content (AvgIpc) is 2.94. The number of carbonyl (C=O) groups excluding carboxylic acids is 1. The molecule has 1 aromatic heterocycles. The van der Waals surface area contributed by atoms with E-state index < -0.39 is 5.97 Å². The summed E-state index contributed by atoms with van der Waals surface area (Å²) < 4.78 is 0. The van der Waals surface area contributed by atoms with Crippen molar-refractivity contribution in [1.29, 1.82) is 0 Å². The number of nitrogens with one attached hydrogen (secondary N) is 2. The first kappa shape index (κ1) is 15.1. The van der Waals surface area contributed by atoms with Crippen LogP contribution < -0.4 is 10.6 Å². The minimum absolute atomic E-state index is 0.186. The van der Waals surface area contributed by atoms with Crippen molar-refractivity contribution in [2.45, 2.75) is 13.3 Å². The van der Waals surface area contributed by atoms with Crippen molar-refractivity contribution in [3.63, 3.8) is 0 Å². The molecule has 0 atom stereocenters. The number of hydrogen-bond donors (Lipinski definition) is 3. The molecule has 0 spiro atoms. The Bertz CT molecular complexity index is 638. The molecule has 0 saturated carbocycles. The minimum Gasteiger partial charge on any atom is -0.478 e. The van der Waals surface area contributed by atoms with Crippen LogP contribution in [0.25, 0.3) is 0 Å². The molecule has 0 aliphatic rings. The topological polar surface area (TPSA) is 78.4 Å².